The summed E-state index contributed by atoms with van der Waals surface area (Å²) in [5, 5.41) is 5.87. The predicted octanol–water partition coefficient (Wildman–Crippen LogP) is 1.57. The van der Waals surface area contributed by atoms with Crippen LogP contribution >= 0.6 is 0 Å². The fourth-order valence-electron chi connectivity index (χ4n) is 2.84. The highest BCUT2D eigenvalue weighted by Crippen LogP contribution is 2.25. The van der Waals surface area contributed by atoms with Crippen LogP contribution in [0.3, 0.4) is 0 Å². The Morgan fingerprint density at radius 1 is 1.08 bits per heavy atom. The summed E-state index contributed by atoms with van der Waals surface area (Å²) in [5.74, 6) is 0. The van der Waals surface area contributed by atoms with Crippen molar-refractivity contribution in [2.75, 3.05) is 0 Å². The maximum absolute atomic E-state index is 11.0. The molecule has 0 bridgehead atoms. The topological polar surface area (TPSA) is 116 Å². The standard InChI is InChI=1S/C17H16N6O2S/c1-11-6-15-14(8-19-11)17-16(9-20-15)21-10-23(17)13-4-2-12(3-5-13)7-22-26(18,24)25/h2-6,8-10,22H,7H2,1H3,(H2,18,24,25). The Morgan fingerprint density at radius 2 is 1.85 bits per heavy atom. The Labute approximate surface area is 149 Å². The van der Waals surface area contributed by atoms with E-state index in [0.717, 1.165) is 38.9 Å². The first-order valence-electron chi connectivity index (χ1n) is 7.86. The van der Waals surface area contributed by atoms with E-state index in [-0.39, 0.29) is 6.54 Å². The summed E-state index contributed by atoms with van der Waals surface area (Å²) in [6.45, 7) is 2.07. The Bertz CT molecular complexity index is 1220. The second kappa shape index (κ2) is 6.13. The number of nitrogens with two attached hydrogens (primary N) is 1. The lowest BCUT2D eigenvalue weighted by Crippen LogP contribution is -2.30. The summed E-state index contributed by atoms with van der Waals surface area (Å²) < 4.78 is 26.2. The summed E-state index contributed by atoms with van der Waals surface area (Å²) >= 11 is 0. The van der Waals surface area contributed by atoms with Crippen molar-refractivity contribution in [2.45, 2.75) is 13.5 Å². The lowest BCUT2D eigenvalue weighted by Gasteiger charge is -2.08. The summed E-state index contributed by atoms with van der Waals surface area (Å²) in [5.41, 5.74) is 5.18. The molecule has 0 saturated heterocycles. The third-order valence-corrected chi connectivity index (χ3v) is 4.63. The number of hydrogen-bond acceptors (Lipinski definition) is 5. The van der Waals surface area contributed by atoms with Gasteiger partial charge in [-0.05, 0) is 30.7 Å². The number of hydrogen-bond donors (Lipinski definition) is 2. The Balaban J connectivity index is 1.77. The number of aromatic nitrogens is 4. The van der Waals surface area contributed by atoms with E-state index in [1.807, 2.05) is 48.0 Å². The van der Waals surface area contributed by atoms with E-state index in [1.165, 1.54) is 0 Å². The van der Waals surface area contributed by atoms with Crippen LogP contribution in [0.25, 0.3) is 27.6 Å². The Kier molecular flexibility index (Phi) is 3.91. The molecule has 9 heteroatoms. The number of nitrogens with one attached hydrogen (secondary N) is 1. The van der Waals surface area contributed by atoms with Crippen LogP contribution in [0.5, 0.6) is 0 Å². The molecule has 132 valence electrons. The lowest BCUT2D eigenvalue weighted by molar-refractivity contribution is 0.583. The molecule has 0 radical (unpaired) electrons. The highest BCUT2D eigenvalue weighted by Gasteiger charge is 2.11. The summed E-state index contributed by atoms with van der Waals surface area (Å²) in [7, 11) is -3.71. The second-order valence-corrected chi connectivity index (χ2v) is 7.36. The van der Waals surface area contributed by atoms with Crippen molar-refractivity contribution in [1.29, 1.82) is 0 Å². The minimum Gasteiger partial charge on any atom is -0.298 e. The van der Waals surface area contributed by atoms with Gasteiger partial charge < -0.3 is 0 Å². The van der Waals surface area contributed by atoms with Crippen LogP contribution in [0.1, 0.15) is 11.3 Å². The third-order valence-electron chi connectivity index (χ3n) is 4.09. The molecule has 0 aliphatic rings. The number of nitrogens with zero attached hydrogens (tertiary/aromatic N) is 4. The third kappa shape index (κ3) is 3.15. The largest absolute Gasteiger partial charge is 0.298 e. The average molecular weight is 368 g/mol. The molecular formula is C17H16N6O2S. The number of fused-ring (bicyclic) bond motifs is 3. The van der Waals surface area contributed by atoms with E-state index in [4.69, 9.17) is 5.14 Å². The van der Waals surface area contributed by atoms with E-state index in [0.29, 0.717) is 0 Å². The number of rotatable bonds is 4. The molecule has 4 aromatic rings. The van der Waals surface area contributed by atoms with E-state index in [2.05, 4.69) is 19.7 Å². The van der Waals surface area contributed by atoms with Crippen LogP contribution in [0.4, 0.5) is 0 Å². The molecule has 8 nitrogen and oxygen atoms in total. The normalized spacial score (nSPS) is 12.1. The molecule has 0 aliphatic carbocycles. The molecule has 0 saturated carbocycles. The van der Waals surface area contributed by atoms with Gasteiger partial charge in [0.15, 0.2) is 0 Å². The molecule has 3 heterocycles. The molecular weight excluding hydrogens is 352 g/mol. The zero-order chi connectivity index (χ0) is 18.3. The van der Waals surface area contributed by atoms with Gasteiger partial charge in [-0.2, -0.15) is 13.1 Å². The minimum atomic E-state index is -3.71. The van der Waals surface area contributed by atoms with Gasteiger partial charge in [-0.3, -0.25) is 14.5 Å². The van der Waals surface area contributed by atoms with E-state index >= 15 is 0 Å². The zero-order valence-corrected chi connectivity index (χ0v) is 14.7. The fraction of sp³-hybridized carbons (Fsp3) is 0.118. The van der Waals surface area contributed by atoms with Gasteiger partial charge in [-0.15, -0.1) is 0 Å². The number of benzene rings is 1. The van der Waals surface area contributed by atoms with E-state index < -0.39 is 10.2 Å². The molecule has 0 amide bonds. The van der Waals surface area contributed by atoms with Gasteiger partial charge in [0.2, 0.25) is 0 Å². The van der Waals surface area contributed by atoms with Crippen LogP contribution < -0.4 is 9.86 Å². The van der Waals surface area contributed by atoms with Crippen molar-refractivity contribution in [3.63, 3.8) is 0 Å². The average Bonchev–Trinajstić information content (AvgIpc) is 3.04. The Morgan fingerprint density at radius 3 is 2.58 bits per heavy atom. The Hall–Kier alpha value is -2.88. The van der Waals surface area contributed by atoms with Crippen molar-refractivity contribution < 1.29 is 8.42 Å². The molecule has 26 heavy (non-hydrogen) atoms. The molecule has 0 aliphatic heterocycles. The first-order chi connectivity index (χ1) is 12.4. The monoisotopic (exact) mass is 368 g/mol. The van der Waals surface area contributed by atoms with Crippen molar-refractivity contribution >= 4 is 32.1 Å². The van der Waals surface area contributed by atoms with Gasteiger partial charge >= 0.3 is 0 Å². The van der Waals surface area contributed by atoms with Crippen molar-refractivity contribution in [3.8, 4) is 5.69 Å². The molecule has 0 atom stereocenters. The van der Waals surface area contributed by atoms with Crippen LogP contribution in [0, 0.1) is 6.92 Å². The number of aryl methyl sites for hydroxylation is 1. The van der Waals surface area contributed by atoms with Crippen molar-refractivity contribution in [3.05, 3.63) is 60.3 Å². The first kappa shape index (κ1) is 16.6. The highest BCUT2D eigenvalue weighted by atomic mass is 32.2. The van der Waals surface area contributed by atoms with Crippen LogP contribution in [0.2, 0.25) is 0 Å². The summed E-state index contributed by atoms with van der Waals surface area (Å²) in [6, 6.07) is 9.41. The maximum atomic E-state index is 11.0. The molecule has 0 fully saturated rings. The fourth-order valence-corrected chi connectivity index (χ4v) is 3.21. The predicted molar refractivity (Wildman–Crippen MR) is 98.8 cm³/mol. The van der Waals surface area contributed by atoms with Crippen LogP contribution in [-0.2, 0) is 16.8 Å². The minimum absolute atomic E-state index is 0.139. The quantitative estimate of drug-likeness (QED) is 0.567. The van der Waals surface area contributed by atoms with Gasteiger partial charge in [0.25, 0.3) is 10.2 Å². The van der Waals surface area contributed by atoms with Crippen molar-refractivity contribution in [1.82, 2.24) is 24.2 Å². The van der Waals surface area contributed by atoms with E-state index in [1.54, 1.807) is 12.5 Å². The van der Waals surface area contributed by atoms with Gasteiger partial charge in [-0.25, -0.2) is 10.1 Å². The van der Waals surface area contributed by atoms with Crippen LogP contribution in [-0.4, -0.2) is 27.9 Å². The zero-order valence-electron chi connectivity index (χ0n) is 13.9. The molecule has 0 spiro atoms. The smallest absolute Gasteiger partial charge is 0.274 e. The second-order valence-electron chi connectivity index (χ2n) is 5.98. The van der Waals surface area contributed by atoms with Gasteiger partial charge in [0.05, 0.1) is 17.2 Å². The maximum Gasteiger partial charge on any atom is 0.274 e. The van der Waals surface area contributed by atoms with Crippen LogP contribution in [0.15, 0.2) is 49.1 Å². The SMILES string of the molecule is Cc1cc2ncc3ncn(-c4ccc(CNS(N)(=O)=O)cc4)c3c2cn1. The van der Waals surface area contributed by atoms with E-state index in [9.17, 15) is 8.42 Å². The molecule has 4 rings (SSSR count). The molecule has 3 aromatic heterocycles. The molecule has 3 N–H and O–H groups in total. The highest BCUT2D eigenvalue weighted by molar-refractivity contribution is 7.87. The van der Waals surface area contributed by atoms with Gasteiger partial charge in [0, 0.05) is 29.5 Å². The van der Waals surface area contributed by atoms with Crippen molar-refractivity contribution in [2.24, 2.45) is 5.14 Å². The first-order valence-corrected chi connectivity index (χ1v) is 9.40. The summed E-state index contributed by atoms with van der Waals surface area (Å²) in [6.07, 6.45) is 5.30. The molecule has 1 aromatic carbocycles. The lowest BCUT2D eigenvalue weighted by atomic mass is 10.2. The number of imidazole rings is 1. The molecule has 0 unspecified atom stereocenters. The van der Waals surface area contributed by atoms with Gasteiger partial charge in [-0.1, -0.05) is 12.1 Å². The van der Waals surface area contributed by atoms with Gasteiger partial charge in [0.1, 0.15) is 11.8 Å². The number of pyridine rings is 2. The summed E-state index contributed by atoms with van der Waals surface area (Å²) in [4.78, 5) is 13.2.